The summed E-state index contributed by atoms with van der Waals surface area (Å²) in [5, 5.41) is 35.0. The summed E-state index contributed by atoms with van der Waals surface area (Å²) in [5.74, 6) is -1.12. The lowest BCUT2D eigenvalue weighted by Gasteiger charge is -2.03. The van der Waals surface area contributed by atoms with Crippen molar-refractivity contribution in [3.63, 3.8) is 0 Å². The molecule has 11 heteroatoms. The number of hydrazone groups is 1. The molecule has 2 aromatic carbocycles. The summed E-state index contributed by atoms with van der Waals surface area (Å²) in [6.45, 7) is 0. The summed E-state index contributed by atoms with van der Waals surface area (Å²) in [4.78, 5) is 32.3. The normalized spacial score (nSPS) is 10.7. The maximum Gasteiger partial charge on any atom is 0.312 e. The molecule has 0 fully saturated rings. The molecule has 0 bridgehead atoms. The van der Waals surface area contributed by atoms with E-state index in [1.165, 1.54) is 24.3 Å². The van der Waals surface area contributed by atoms with Crippen molar-refractivity contribution < 1.29 is 19.7 Å². The number of hydrogen-bond donors (Lipinski definition) is 2. The van der Waals surface area contributed by atoms with E-state index >= 15 is 0 Å². The Kier molecular flexibility index (Phi) is 5.96. The lowest BCUT2D eigenvalue weighted by molar-refractivity contribution is -0.386. The van der Waals surface area contributed by atoms with Crippen LogP contribution in [0.2, 0.25) is 0 Å². The molecule has 0 aromatic heterocycles. The van der Waals surface area contributed by atoms with Crippen LogP contribution in [0.1, 0.15) is 11.1 Å². The van der Waals surface area contributed by atoms with Crippen LogP contribution in [0, 0.1) is 20.2 Å². The minimum absolute atomic E-state index is 0.0967. The van der Waals surface area contributed by atoms with Gasteiger partial charge in [-0.15, -0.1) is 0 Å². The maximum atomic E-state index is 11.9. The van der Waals surface area contributed by atoms with E-state index in [9.17, 15) is 30.1 Å². The van der Waals surface area contributed by atoms with E-state index in [-0.39, 0.29) is 27.7 Å². The topological polar surface area (TPSA) is 148 Å². The standard InChI is InChI=1S/C15H11BrN4O6/c16-11-5-9(6-13(15(11)22)20(25)26)8-17-18-14(21)7-10-3-1-2-4-12(10)19(23)24/h1-6,8,22H,7H2,(H,18,21). The second-order valence-corrected chi connectivity index (χ2v) is 5.84. The van der Waals surface area contributed by atoms with Gasteiger partial charge in [0.15, 0.2) is 0 Å². The van der Waals surface area contributed by atoms with E-state index in [0.29, 0.717) is 0 Å². The van der Waals surface area contributed by atoms with Crippen LogP contribution in [0.4, 0.5) is 11.4 Å². The predicted molar refractivity (Wildman–Crippen MR) is 95.0 cm³/mol. The zero-order valence-corrected chi connectivity index (χ0v) is 14.5. The van der Waals surface area contributed by atoms with Crippen LogP contribution >= 0.6 is 15.9 Å². The molecule has 2 aromatic rings. The highest BCUT2D eigenvalue weighted by Gasteiger charge is 2.17. The largest absolute Gasteiger partial charge is 0.501 e. The van der Waals surface area contributed by atoms with Crippen LogP contribution in [0.25, 0.3) is 0 Å². The summed E-state index contributed by atoms with van der Waals surface area (Å²) >= 11 is 2.98. The first kappa shape index (κ1) is 19.0. The Labute approximate surface area is 154 Å². The first-order chi connectivity index (χ1) is 12.3. The second kappa shape index (κ2) is 8.16. The van der Waals surface area contributed by atoms with Crippen molar-refractivity contribution in [2.45, 2.75) is 6.42 Å². The van der Waals surface area contributed by atoms with Gasteiger partial charge in [-0.1, -0.05) is 18.2 Å². The minimum atomic E-state index is -0.759. The zero-order chi connectivity index (χ0) is 19.3. The zero-order valence-electron chi connectivity index (χ0n) is 13.0. The van der Waals surface area contributed by atoms with Crippen LogP contribution < -0.4 is 5.43 Å². The third-order valence-electron chi connectivity index (χ3n) is 3.20. The maximum absolute atomic E-state index is 11.9. The van der Waals surface area contributed by atoms with Gasteiger partial charge in [0.2, 0.25) is 11.7 Å². The van der Waals surface area contributed by atoms with Gasteiger partial charge >= 0.3 is 5.69 Å². The molecule has 0 aliphatic heterocycles. The fraction of sp³-hybridized carbons (Fsp3) is 0.0667. The highest BCUT2D eigenvalue weighted by Crippen LogP contribution is 2.34. The molecule has 2 rings (SSSR count). The average Bonchev–Trinajstić information content (AvgIpc) is 2.57. The van der Waals surface area contributed by atoms with Gasteiger partial charge < -0.3 is 5.11 Å². The summed E-state index contributed by atoms with van der Waals surface area (Å²) in [7, 11) is 0. The van der Waals surface area contributed by atoms with Gasteiger partial charge in [0.05, 0.1) is 27.0 Å². The predicted octanol–water partition coefficient (Wildman–Crippen LogP) is 2.66. The Bertz CT molecular complexity index is 915. The number of phenolic OH excluding ortho intramolecular Hbond substituents is 1. The Hall–Kier alpha value is -3.34. The number of para-hydroxylation sites is 1. The fourth-order valence-corrected chi connectivity index (χ4v) is 2.52. The molecule has 0 atom stereocenters. The van der Waals surface area contributed by atoms with E-state index < -0.39 is 27.2 Å². The molecule has 0 aliphatic rings. The third kappa shape index (κ3) is 4.60. The van der Waals surface area contributed by atoms with Crippen LogP contribution in [0.3, 0.4) is 0 Å². The Morgan fingerprint density at radius 3 is 2.50 bits per heavy atom. The summed E-state index contributed by atoms with van der Waals surface area (Å²) < 4.78 is 0.0967. The number of benzene rings is 2. The van der Waals surface area contributed by atoms with Gasteiger partial charge in [-0.05, 0) is 22.0 Å². The number of nitro groups is 2. The van der Waals surface area contributed by atoms with E-state index in [4.69, 9.17) is 0 Å². The molecule has 2 N–H and O–H groups in total. The minimum Gasteiger partial charge on any atom is -0.501 e. The highest BCUT2D eigenvalue weighted by atomic mass is 79.9. The number of nitrogens with one attached hydrogen (secondary N) is 1. The Balaban J connectivity index is 2.08. The molecule has 0 saturated heterocycles. The molecule has 10 nitrogen and oxygen atoms in total. The number of carbonyl (C=O) groups is 1. The monoisotopic (exact) mass is 422 g/mol. The van der Waals surface area contributed by atoms with E-state index in [0.717, 1.165) is 12.3 Å². The van der Waals surface area contributed by atoms with Crippen molar-refractivity contribution >= 4 is 39.4 Å². The number of halogens is 1. The van der Waals surface area contributed by atoms with Gasteiger partial charge in [-0.2, -0.15) is 5.10 Å². The number of phenols is 1. The summed E-state index contributed by atoms with van der Waals surface area (Å²) in [5.41, 5.74) is 1.98. The number of hydrogen-bond acceptors (Lipinski definition) is 7. The van der Waals surface area contributed by atoms with E-state index in [1.807, 2.05) is 0 Å². The lowest BCUT2D eigenvalue weighted by Crippen LogP contribution is -2.20. The molecule has 0 radical (unpaired) electrons. The highest BCUT2D eigenvalue weighted by molar-refractivity contribution is 9.10. The van der Waals surface area contributed by atoms with E-state index in [1.54, 1.807) is 6.07 Å². The van der Waals surface area contributed by atoms with Gasteiger partial charge in [0.1, 0.15) is 0 Å². The number of aromatic hydroxyl groups is 1. The molecular formula is C15H11BrN4O6. The molecule has 26 heavy (non-hydrogen) atoms. The number of nitrogens with zero attached hydrogens (tertiary/aromatic N) is 3. The van der Waals surface area contributed by atoms with Crippen LogP contribution in [0.15, 0.2) is 46.0 Å². The van der Waals surface area contributed by atoms with Crippen LogP contribution in [-0.2, 0) is 11.2 Å². The molecule has 1 amide bonds. The van der Waals surface area contributed by atoms with Gasteiger partial charge in [-0.3, -0.25) is 25.0 Å². The molecule has 0 spiro atoms. The molecule has 0 aliphatic carbocycles. The first-order valence-corrected chi connectivity index (χ1v) is 7.80. The smallest absolute Gasteiger partial charge is 0.312 e. The van der Waals surface area contributed by atoms with Crippen molar-refractivity contribution in [3.8, 4) is 5.75 Å². The van der Waals surface area contributed by atoms with Crippen molar-refractivity contribution in [2.75, 3.05) is 0 Å². The quantitative estimate of drug-likeness (QED) is 0.415. The molecule has 0 saturated carbocycles. The van der Waals surface area contributed by atoms with Crippen LogP contribution in [-0.4, -0.2) is 27.1 Å². The van der Waals surface area contributed by atoms with Crippen molar-refractivity contribution in [1.82, 2.24) is 5.43 Å². The molecule has 134 valence electrons. The van der Waals surface area contributed by atoms with Crippen molar-refractivity contribution in [3.05, 3.63) is 72.2 Å². The van der Waals surface area contributed by atoms with E-state index in [2.05, 4.69) is 26.5 Å². The number of amides is 1. The Morgan fingerprint density at radius 1 is 1.19 bits per heavy atom. The number of rotatable bonds is 6. The summed E-state index contributed by atoms with van der Waals surface area (Å²) in [6.07, 6.45) is 0.891. The van der Waals surface area contributed by atoms with Crippen molar-refractivity contribution in [2.24, 2.45) is 5.10 Å². The molecule has 0 heterocycles. The first-order valence-electron chi connectivity index (χ1n) is 7.00. The number of nitro benzene ring substituents is 2. The third-order valence-corrected chi connectivity index (χ3v) is 3.81. The van der Waals surface area contributed by atoms with Crippen LogP contribution in [0.5, 0.6) is 5.75 Å². The second-order valence-electron chi connectivity index (χ2n) is 4.98. The summed E-state index contributed by atoms with van der Waals surface area (Å²) in [6, 6.07) is 8.28. The number of carbonyl (C=O) groups excluding carboxylic acids is 1. The fourth-order valence-electron chi connectivity index (χ4n) is 2.05. The van der Waals surface area contributed by atoms with Crippen molar-refractivity contribution in [1.29, 1.82) is 0 Å². The lowest BCUT2D eigenvalue weighted by atomic mass is 10.1. The Morgan fingerprint density at radius 2 is 1.85 bits per heavy atom. The van der Waals surface area contributed by atoms with Gasteiger partial charge in [-0.25, -0.2) is 5.43 Å². The molecular weight excluding hydrogens is 412 g/mol. The SMILES string of the molecule is O=C(Cc1ccccc1[N+](=O)[O-])NN=Cc1cc(Br)c(O)c([N+](=O)[O-])c1. The average molecular weight is 423 g/mol. The van der Waals surface area contributed by atoms with Gasteiger partial charge in [0.25, 0.3) is 5.69 Å². The molecule has 0 unspecified atom stereocenters. The van der Waals surface area contributed by atoms with Gasteiger partial charge in [0, 0.05) is 23.3 Å².